The molecule has 0 saturated carbocycles. The molecule has 0 bridgehead atoms. The molecule has 102 valence electrons. The molecule has 0 fully saturated rings. The lowest BCUT2D eigenvalue weighted by Crippen LogP contribution is -2.27. The first-order chi connectivity index (χ1) is 9.66. The summed E-state index contributed by atoms with van der Waals surface area (Å²) >= 11 is 0. The van der Waals surface area contributed by atoms with Crippen LogP contribution in [0.5, 0.6) is 0 Å². The van der Waals surface area contributed by atoms with E-state index in [1.165, 1.54) is 4.79 Å². The van der Waals surface area contributed by atoms with Crippen molar-refractivity contribution in [1.29, 1.82) is 0 Å². The topological polar surface area (TPSA) is 116 Å². The Morgan fingerprint density at radius 1 is 0.950 bits per heavy atom. The summed E-state index contributed by atoms with van der Waals surface area (Å²) in [5.41, 5.74) is 7.11. The fraction of sp³-hybridized carbons (Fsp3) is 0.200. The SMILES string of the molecule is CN(C)n1nnnc1-c1nnnn1-c1ccc(N)cc1. The molecule has 2 aromatic heterocycles. The van der Waals surface area contributed by atoms with Gasteiger partial charge in [0, 0.05) is 19.8 Å². The van der Waals surface area contributed by atoms with Crippen molar-refractivity contribution in [3.05, 3.63) is 24.3 Å². The number of nitrogen functional groups attached to an aromatic ring is 1. The predicted octanol–water partition coefficient (Wildman–Crippen LogP) is -0.904. The van der Waals surface area contributed by atoms with Crippen molar-refractivity contribution in [1.82, 2.24) is 40.5 Å². The van der Waals surface area contributed by atoms with E-state index in [0.717, 1.165) is 5.69 Å². The maximum atomic E-state index is 5.67. The summed E-state index contributed by atoms with van der Waals surface area (Å²) in [5.74, 6) is 0.880. The minimum Gasteiger partial charge on any atom is -0.399 e. The molecule has 0 aliphatic rings. The zero-order chi connectivity index (χ0) is 14.1. The number of aromatic nitrogens is 8. The summed E-state index contributed by atoms with van der Waals surface area (Å²) in [7, 11) is 3.63. The van der Waals surface area contributed by atoms with Gasteiger partial charge in [-0.3, -0.25) is 5.01 Å². The van der Waals surface area contributed by atoms with Crippen molar-refractivity contribution in [2.75, 3.05) is 24.8 Å². The molecule has 10 nitrogen and oxygen atoms in total. The zero-order valence-electron chi connectivity index (χ0n) is 10.9. The molecule has 10 heteroatoms. The van der Waals surface area contributed by atoms with Crippen LogP contribution in [0.4, 0.5) is 5.69 Å². The molecular weight excluding hydrogens is 260 g/mol. The third kappa shape index (κ3) is 1.92. The highest BCUT2D eigenvalue weighted by Crippen LogP contribution is 2.17. The molecule has 2 heterocycles. The van der Waals surface area contributed by atoms with E-state index in [4.69, 9.17) is 5.73 Å². The molecule has 0 radical (unpaired) electrons. The average molecular weight is 272 g/mol. The molecule has 0 unspecified atom stereocenters. The standard InChI is InChI=1S/C10H12N10/c1-18(2)20-10(13-15-17-20)9-12-14-16-19(9)8-5-3-7(11)4-6-8/h3-6H,11H2,1-2H3. The van der Waals surface area contributed by atoms with Gasteiger partial charge in [-0.05, 0) is 45.1 Å². The van der Waals surface area contributed by atoms with Crippen molar-refractivity contribution in [3.8, 4) is 17.3 Å². The highest BCUT2D eigenvalue weighted by molar-refractivity contribution is 5.50. The van der Waals surface area contributed by atoms with Gasteiger partial charge in [0.1, 0.15) is 0 Å². The van der Waals surface area contributed by atoms with Crippen LogP contribution in [0.3, 0.4) is 0 Å². The Balaban J connectivity index is 2.10. The van der Waals surface area contributed by atoms with Gasteiger partial charge >= 0.3 is 0 Å². The van der Waals surface area contributed by atoms with Crippen LogP contribution in [0.15, 0.2) is 24.3 Å². The lowest BCUT2D eigenvalue weighted by molar-refractivity contribution is 0.611. The molecule has 3 aromatic rings. The van der Waals surface area contributed by atoms with Gasteiger partial charge in [0.15, 0.2) is 0 Å². The average Bonchev–Trinajstić information content (AvgIpc) is 3.07. The van der Waals surface area contributed by atoms with Crippen LogP contribution in [-0.4, -0.2) is 54.6 Å². The van der Waals surface area contributed by atoms with Crippen LogP contribution in [0.1, 0.15) is 0 Å². The second-order valence-corrected chi connectivity index (χ2v) is 4.24. The number of hydrogen-bond donors (Lipinski definition) is 1. The highest BCUT2D eigenvalue weighted by atomic mass is 15.7. The van der Waals surface area contributed by atoms with Gasteiger partial charge in [-0.25, -0.2) is 0 Å². The number of tetrazole rings is 2. The number of anilines is 1. The van der Waals surface area contributed by atoms with E-state index >= 15 is 0 Å². The van der Waals surface area contributed by atoms with E-state index < -0.39 is 0 Å². The Hall–Kier alpha value is -3.04. The maximum Gasteiger partial charge on any atom is 0.243 e. The predicted molar refractivity (Wildman–Crippen MR) is 70.4 cm³/mol. The van der Waals surface area contributed by atoms with Gasteiger partial charge in [0.05, 0.1) is 5.69 Å². The fourth-order valence-corrected chi connectivity index (χ4v) is 1.70. The van der Waals surface area contributed by atoms with E-state index in [-0.39, 0.29) is 0 Å². The van der Waals surface area contributed by atoms with Crippen molar-refractivity contribution in [2.24, 2.45) is 0 Å². The normalized spacial score (nSPS) is 10.7. The fourth-order valence-electron chi connectivity index (χ4n) is 1.70. The minimum atomic E-state index is 0.438. The monoisotopic (exact) mass is 272 g/mol. The minimum absolute atomic E-state index is 0.438. The summed E-state index contributed by atoms with van der Waals surface area (Å²) in [6.07, 6.45) is 0. The van der Waals surface area contributed by atoms with E-state index in [1.807, 2.05) is 26.2 Å². The summed E-state index contributed by atoms with van der Waals surface area (Å²) in [4.78, 5) is 1.50. The molecule has 0 aliphatic heterocycles. The summed E-state index contributed by atoms with van der Waals surface area (Å²) in [5, 5.41) is 24.8. The number of nitrogens with two attached hydrogens (primary N) is 1. The number of hydrogen-bond acceptors (Lipinski definition) is 8. The van der Waals surface area contributed by atoms with Crippen LogP contribution >= 0.6 is 0 Å². The molecule has 0 atom stereocenters. The summed E-state index contributed by atoms with van der Waals surface area (Å²) in [6.45, 7) is 0. The lowest BCUT2D eigenvalue weighted by Gasteiger charge is -2.12. The van der Waals surface area contributed by atoms with Gasteiger partial charge in [0.25, 0.3) is 0 Å². The molecule has 0 spiro atoms. The molecule has 3 rings (SSSR count). The van der Waals surface area contributed by atoms with E-state index in [0.29, 0.717) is 17.3 Å². The molecule has 2 N–H and O–H groups in total. The molecule has 0 aliphatic carbocycles. The first-order valence-corrected chi connectivity index (χ1v) is 5.77. The zero-order valence-corrected chi connectivity index (χ0v) is 10.9. The highest BCUT2D eigenvalue weighted by Gasteiger charge is 2.19. The lowest BCUT2D eigenvalue weighted by atomic mass is 10.3. The van der Waals surface area contributed by atoms with Crippen LogP contribution in [0, 0.1) is 0 Å². The van der Waals surface area contributed by atoms with Gasteiger partial charge in [-0.1, -0.05) is 0 Å². The van der Waals surface area contributed by atoms with Crippen LogP contribution in [-0.2, 0) is 0 Å². The van der Waals surface area contributed by atoms with E-state index in [1.54, 1.807) is 21.8 Å². The van der Waals surface area contributed by atoms with E-state index in [2.05, 4.69) is 31.1 Å². The molecule has 0 amide bonds. The van der Waals surface area contributed by atoms with Crippen LogP contribution < -0.4 is 10.7 Å². The van der Waals surface area contributed by atoms with Gasteiger partial charge < -0.3 is 5.73 Å². The Labute approximate surface area is 113 Å². The molecular formula is C10H12N10. The maximum absolute atomic E-state index is 5.67. The molecule has 0 saturated heterocycles. The largest absolute Gasteiger partial charge is 0.399 e. The number of rotatable bonds is 3. The second kappa shape index (κ2) is 4.57. The quantitative estimate of drug-likeness (QED) is 0.609. The van der Waals surface area contributed by atoms with Crippen molar-refractivity contribution >= 4 is 5.69 Å². The number of nitrogens with zero attached hydrogens (tertiary/aromatic N) is 9. The van der Waals surface area contributed by atoms with Crippen LogP contribution in [0.2, 0.25) is 0 Å². The Morgan fingerprint density at radius 2 is 1.60 bits per heavy atom. The van der Waals surface area contributed by atoms with Crippen molar-refractivity contribution < 1.29 is 0 Å². The third-order valence-electron chi connectivity index (χ3n) is 2.64. The van der Waals surface area contributed by atoms with Gasteiger partial charge in [-0.15, -0.1) is 15.0 Å². The number of benzene rings is 1. The van der Waals surface area contributed by atoms with Gasteiger partial charge in [-0.2, -0.15) is 4.68 Å². The Morgan fingerprint density at radius 3 is 2.30 bits per heavy atom. The first kappa shape index (κ1) is 12.0. The summed E-state index contributed by atoms with van der Waals surface area (Å²) < 4.78 is 1.55. The van der Waals surface area contributed by atoms with Crippen LogP contribution in [0.25, 0.3) is 17.3 Å². The molecule has 20 heavy (non-hydrogen) atoms. The molecule has 1 aromatic carbocycles. The van der Waals surface area contributed by atoms with Gasteiger partial charge in [0.2, 0.25) is 11.6 Å². The van der Waals surface area contributed by atoms with Crippen molar-refractivity contribution in [3.63, 3.8) is 0 Å². The summed E-state index contributed by atoms with van der Waals surface area (Å²) in [6, 6.07) is 7.18. The Bertz CT molecular complexity index is 710. The smallest absolute Gasteiger partial charge is 0.243 e. The van der Waals surface area contributed by atoms with Crippen molar-refractivity contribution in [2.45, 2.75) is 0 Å². The first-order valence-electron chi connectivity index (χ1n) is 5.77. The van der Waals surface area contributed by atoms with E-state index in [9.17, 15) is 0 Å². The Kier molecular flexibility index (Phi) is 2.75. The third-order valence-corrected chi connectivity index (χ3v) is 2.64. The second-order valence-electron chi connectivity index (χ2n) is 4.24.